The number of methoxy groups -OCH3 is 1. The number of likely N-dealkylation sites (tertiary alicyclic amines) is 1. The van der Waals surface area contributed by atoms with Gasteiger partial charge in [-0.05, 0) is 31.0 Å². The van der Waals surface area contributed by atoms with Crippen molar-refractivity contribution in [3.63, 3.8) is 0 Å². The first kappa shape index (κ1) is 19.6. The van der Waals surface area contributed by atoms with Crippen LogP contribution < -0.4 is 10.1 Å². The molecule has 3 rings (SSSR count). The van der Waals surface area contributed by atoms with Crippen LogP contribution in [0.15, 0.2) is 39.8 Å². The summed E-state index contributed by atoms with van der Waals surface area (Å²) in [6.45, 7) is 4.46. The summed E-state index contributed by atoms with van der Waals surface area (Å²) in [5.41, 5.74) is 2.24. The number of aryl methyl sites for hydroxylation is 1. The second-order valence-electron chi connectivity index (χ2n) is 6.04. The average Bonchev–Trinajstić information content (AvgIpc) is 3.25. The molecule has 1 atom stereocenters. The molecule has 2 heterocycles. The molecule has 0 aliphatic carbocycles. The summed E-state index contributed by atoms with van der Waals surface area (Å²) in [6.07, 6.45) is 1.12. The van der Waals surface area contributed by atoms with Crippen molar-refractivity contribution < 1.29 is 9.26 Å². The third-order valence-electron chi connectivity index (χ3n) is 4.38. The molecule has 7 heteroatoms. The Bertz CT molecular complexity index is 699. The highest BCUT2D eigenvalue weighted by atomic mass is 127. The Morgan fingerprint density at radius 1 is 1.40 bits per heavy atom. The van der Waals surface area contributed by atoms with Gasteiger partial charge in [0.25, 0.3) is 0 Å². The maximum absolute atomic E-state index is 5.24. The molecule has 25 heavy (non-hydrogen) atoms. The van der Waals surface area contributed by atoms with Crippen LogP contribution in [0.25, 0.3) is 0 Å². The molecule has 1 aliphatic heterocycles. The normalized spacial score (nSPS) is 17.3. The van der Waals surface area contributed by atoms with Crippen molar-refractivity contribution in [2.75, 3.05) is 27.2 Å². The molecule has 1 fully saturated rings. The summed E-state index contributed by atoms with van der Waals surface area (Å²) < 4.78 is 10.5. The van der Waals surface area contributed by atoms with Gasteiger partial charge in [0.05, 0.1) is 19.3 Å². The van der Waals surface area contributed by atoms with E-state index >= 15 is 0 Å². The molecule has 1 aromatic carbocycles. The number of aromatic nitrogens is 1. The van der Waals surface area contributed by atoms with Crippen LogP contribution in [0.3, 0.4) is 0 Å². The van der Waals surface area contributed by atoms with E-state index in [1.807, 2.05) is 32.2 Å². The van der Waals surface area contributed by atoms with E-state index in [9.17, 15) is 0 Å². The van der Waals surface area contributed by atoms with E-state index in [4.69, 9.17) is 9.26 Å². The highest BCUT2D eigenvalue weighted by Crippen LogP contribution is 2.28. The largest absolute Gasteiger partial charge is 0.497 e. The van der Waals surface area contributed by atoms with Crippen molar-refractivity contribution in [3.8, 4) is 5.75 Å². The molecular weight excluding hydrogens is 431 g/mol. The zero-order chi connectivity index (χ0) is 16.9. The number of benzene rings is 1. The highest BCUT2D eigenvalue weighted by molar-refractivity contribution is 14.0. The molecule has 1 aromatic heterocycles. The molecule has 6 nitrogen and oxygen atoms in total. The Morgan fingerprint density at radius 2 is 2.16 bits per heavy atom. The summed E-state index contributed by atoms with van der Waals surface area (Å²) in [4.78, 5) is 6.69. The second-order valence-corrected chi connectivity index (χ2v) is 6.04. The zero-order valence-electron chi connectivity index (χ0n) is 14.9. The molecule has 1 unspecified atom stereocenters. The summed E-state index contributed by atoms with van der Waals surface area (Å²) in [5.74, 6) is 3.13. The number of halogens is 1. The fourth-order valence-corrected chi connectivity index (χ4v) is 3.10. The van der Waals surface area contributed by atoms with Crippen LogP contribution in [0.2, 0.25) is 0 Å². The monoisotopic (exact) mass is 456 g/mol. The summed E-state index contributed by atoms with van der Waals surface area (Å²) >= 11 is 0. The third kappa shape index (κ3) is 4.87. The van der Waals surface area contributed by atoms with Crippen LogP contribution in [0.1, 0.15) is 29.4 Å². The predicted molar refractivity (Wildman–Crippen MR) is 109 cm³/mol. The minimum Gasteiger partial charge on any atom is -0.497 e. The Hall–Kier alpha value is -1.77. The molecule has 1 N–H and O–H groups in total. The van der Waals surface area contributed by atoms with Crippen LogP contribution in [0.4, 0.5) is 0 Å². The van der Waals surface area contributed by atoms with Crippen molar-refractivity contribution in [1.82, 2.24) is 15.4 Å². The molecule has 136 valence electrons. The van der Waals surface area contributed by atoms with Gasteiger partial charge < -0.3 is 19.5 Å². The lowest BCUT2D eigenvalue weighted by Gasteiger charge is -2.21. The number of guanidine groups is 1. The molecule has 0 amide bonds. The van der Waals surface area contributed by atoms with E-state index in [-0.39, 0.29) is 24.0 Å². The Kier molecular flexibility index (Phi) is 7.10. The van der Waals surface area contributed by atoms with Crippen LogP contribution in [0, 0.1) is 6.92 Å². The minimum atomic E-state index is 0. The number of ether oxygens (including phenoxy) is 1. The molecule has 2 aromatic rings. The number of rotatable bonds is 4. The number of aliphatic imine (C=N–C) groups is 1. The van der Waals surface area contributed by atoms with Crippen molar-refractivity contribution in [1.29, 1.82) is 0 Å². The van der Waals surface area contributed by atoms with Gasteiger partial charge in [-0.15, -0.1) is 24.0 Å². The number of hydrogen-bond donors (Lipinski definition) is 1. The molecule has 0 saturated carbocycles. The van der Waals surface area contributed by atoms with Crippen LogP contribution in [-0.4, -0.2) is 43.3 Å². The van der Waals surface area contributed by atoms with E-state index in [1.165, 1.54) is 5.56 Å². The second kappa shape index (κ2) is 9.07. The van der Waals surface area contributed by atoms with Crippen molar-refractivity contribution in [3.05, 3.63) is 47.3 Å². The average molecular weight is 456 g/mol. The quantitative estimate of drug-likeness (QED) is 0.435. The topological polar surface area (TPSA) is 62.9 Å². The Labute approximate surface area is 165 Å². The SMILES string of the molecule is CN=C(NCc1cc(C)no1)N1CCC(c2ccc(OC)cc2)C1.I. The zero-order valence-corrected chi connectivity index (χ0v) is 17.2. The third-order valence-corrected chi connectivity index (χ3v) is 4.38. The van der Waals surface area contributed by atoms with Crippen molar-refractivity contribution in [2.45, 2.75) is 25.8 Å². The van der Waals surface area contributed by atoms with Gasteiger partial charge in [-0.25, -0.2) is 0 Å². The van der Waals surface area contributed by atoms with Crippen LogP contribution in [-0.2, 0) is 6.54 Å². The smallest absolute Gasteiger partial charge is 0.194 e. The van der Waals surface area contributed by atoms with Crippen molar-refractivity contribution >= 4 is 29.9 Å². The summed E-state index contributed by atoms with van der Waals surface area (Å²) in [7, 11) is 3.51. The molecule has 0 radical (unpaired) electrons. The van der Waals surface area contributed by atoms with Gasteiger partial charge in [0, 0.05) is 32.1 Å². The van der Waals surface area contributed by atoms with E-state index in [0.717, 1.165) is 42.7 Å². The van der Waals surface area contributed by atoms with Gasteiger partial charge in [0.1, 0.15) is 5.75 Å². The first-order valence-corrected chi connectivity index (χ1v) is 8.21. The van der Waals surface area contributed by atoms with E-state index in [1.54, 1.807) is 7.11 Å². The standard InChI is InChI=1S/C18H24N4O2.HI/c1-13-10-17(24-21-13)11-20-18(19-2)22-9-8-15(12-22)14-4-6-16(23-3)7-5-14;/h4-7,10,15H,8-9,11-12H2,1-3H3,(H,19,20);1H. The fraction of sp³-hybridized carbons (Fsp3) is 0.444. The number of nitrogens with one attached hydrogen (secondary N) is 1. The lowest BCUT2D eigenvalue weighted by molar-refractivity contribution is 0.373. The van der Waals surface area contributed by atoms with Gasteiger partial charge >= 0.3 is 0 Å². The summed E-state index contributed by atoms with van der Waals surface area (Å²) in [5, 5.41) is 7.26. The van der Waals surface area contributed by atoms with Gasteiger partial charge in [-0.1, -0.05) is 17.3 Å². The van der Waals surface area contributed by atoms with Gasteiger partial charge in [0.2, 0.25) is 0 Å². The van der Waals surface area contributed by atoms with E-state index < -0.39 is 0 Å². The molecule has 1 saturated heterocycles. The fourth-order valence-electron chi connectivity index (χ4n) is 3.10. The molecule has 1 aliphatic rings. The number of hydrogen-bond acceptors (Lipinski definition) is 4. The van der Waals surface area contributed by atoms with Gasteiger partial charge in [0.15, 0.2) is 11.7 Å². The lowest BCUT2D eigenvalue weighted by atomic mass is 9.98. The van der Waals surface area contributed by atoms with Crippen LogP contribution >= 0.6 is 24.0 Å². The van der Waals surface area contributed by atoms with Crippen molar-refractivity contribution in [2.24, 2.45) is 4.99 Å². The van der Waals surface area contributed by atoms with Crippen LogP contribution in [0.5, 0.6) is 5.75 Å². The lowest BCUT2D eigenvalue weighted by Crippen LogP contribution is -2.39. The molecule has 0 spiro atoms. The van der Waals surface area contributed by atoms with Gasteiger partial charge in [-0.3, -0.25) is 4.99 Å². The maximum atomic E-state index is 5.24. The first-order valence-electron chi connectivity index (χ1n) is 8.21. The van der Waals surface area contributed by atoms with E-state index in [0.29, 0.717) is 12.5 Å². The Morgan fingerprint density at radius 3 is 2.76 bits per heavy atom. The Balaban J connectivity index is 0.00000225. The highest BCUT2D eigenvalue weighted by Gasteiger charge is 2.26. The molecular formula is C18H25IN4O2. The molecule has 0 bridgehead atoms. The maximum Gasteiger partial charge on any atom is 0.194 e. The number of nitrogens with zero attached hydrogens (tertiary/aromatic N) is 3. The van der Waals surface area contributed by atoms with Gasteiger partial charge in [-0.2, -0.15) is 0 Å². The van der Waals surface area contributed by atoms with E-state index in [2.05, 4.69) is 32.5 Å². The predicted octanol–water partition coefficient (Wildman–Crippen LogP) is 3.17. The first-order chi connectivity index (χ1) is 11.7. The minimum absolute atomic E-state index is 0. The summed E-state index contributed by atoms with van der Waals surface area (Å²) in [6, 6.07) is 10.3.